The number of methoxy groups -OCH3 is 1. The fraction of sp³-hybridized carbons (Fsp3) is 0.0556. The first-order valence-corrected chi connectivity index (χ1v) is 7.67. The Morgan fingerprint density at radius 2 is 1.96 bits per heavy atom. The molecule has 0 aliphatic carbocycles. The number of nitrogen functional groups attached to an aromatic ring is 1. The summed E-state index contributed by atoms with van der Waals surface area (Å²) in [5.74, 6) is -0.709. The molecule has 4 N–H and O–H groups in total. The first-order chi connectivity index (χ1) is 12.5. The third-order valence-corrected chi connectivity index (χ3v) is 4.14. The lowest BCUT2D eigenvalue weighted by Gasteiger charge is -2.10. The molecule has 0 aliphatic heterocycles. The highest BCUT2D eigenvalue weighted by Gasteiger charge is 2.16. The standard InChI is InChI=1S/C18H14N4O4/c1-26-18(25)10-2-4-11-12(6-10)22-13(8-20-17(22)16(19)21-11)9-3-5-14(23)15(24)7-9/h2-8,23-24H,1H3,(H2,19,21). The zero-order chi connectivity index (χ0) is 18.4. The van der Waals surface area contributed by atoms with E-state index in [1.165, 1.54) is 19.2 Å². The second-order valence-electron chi connectivity index (χ2n) is 5.70. The van der Waals surface area contributed by atoms with Crippen LogP contribution in [-0.4, -0.2) is 37.7 Å². The predicted octanol–water partition coefficient (Wildman–Crippen LogP) is 2.33. The molecule has 8 nitrogen and oxygen atoms in total. The van der Waals surface area contributed by atoms with E-state index < -0.39 is 5.97 Å². The van der Waals surface area contributed by atoms with E-state index >= 15 is 0 Å². The van der Waals surface area contributed by atoms with Gasteiger partial charge in [-0.3, -0.25) is 4.40 Å². The van der Waals surface area contributed by atoms with Crippen molar-refractivity contribution in [2.24, 2.45) is 0 Å². The molecule has 130 valence electrons. The van der Waals surface area contributed by atoms with E-state index in [0.717, 1.165) is 0 Å². The number of nitrogens with two attached hydrogens (primary N) is 1. The minimum absolute atomic E-state index is 0.221. The van der Waals surface area contributed by atoms with Crippen LogP contribution in [-0.2, 0) is 4.74 Å². The van der Waals surface area contributed by atoms with Gasteiger partial charge in [0.25, 0.3) is 0 Å². The van der Waals surface area contributed by atoms with Crippen LogP contribution in [0, 0.1) is 0 Å². The Bertz CT molecular complexity index is 1180. The van der Waals surface area contributed by atoms with Crippen LogP contribution in [0.25, 0.3) is 27.9 Å². The second-order valence-corrected chi connectivity index (χ2v) is 5.70. The van der Waals surface area contributed by atoms with Crippen LogP contribution in [0.1, 0.15) is 10.4 Å². The number of hydrogen-bond donors (Lipinski definition) is 3. The molecule has 2 aromatic heterocycles. The van der Waals surface area contributed by atoms with Crippen LogP contribution < -0.4 is 5.73 Å². The maximum absolute atomic E-state index is 11.9. The number of carbonyl (C=O) groups is 1. The van der Waals surface area contributed by atoms with Gasteiger partial charge < -0.3 is 20.7 Å². The lowest BCUT2D eigenvalue weighted by Crippen LogP contribution is -2.04. The van der Waals surface area contributed by atoms with Crippen molar-refractivity contribution in [1.82, 2.24) is 14.4 Å². The van der Waals surface area contributed by atoms with E-state index in [4.69, 9.17) is 10.5 Å². The van der Waals surface area contributed by atoms with Crippen LogP contribution in [0.5, 0.6) is 11.5 Å². The summed E-state index contributed by atoms with van der Waals surface area (Å²) in [6, 6.07) is 9.38. The van der Waals surface area contributed by atoms with E-state index in [9.17, 15) is 15.0 Å². The average molecular weight is 350 g/mol. The number of benzene rings is 2. The van der Waals surface area contributed by atoms with Crippen molar-refractivity contribution < 1.29 is 19.7 Å². The van der Waals surface area contributed by atoms with Crippen LogP contribution in [0.3, 0.4) is 0 Å². The summed E-state index contributed by atoms with van der Waals surface area (Å²) in [5.41, 5.74) is 9.22. The minimum atomic E-state index is -0.471. The van der Waals surface area contributed by atoms with Gasteiger partial charge in [-0.2, -0.15) is 0 Å². The Hall–Kier alpha value is -3.81. The van der Waals surface area contributed by atoms with Crippen molar-refractivity contribution in [2.75, 3.05) is 12.8 Å². The first-order valence-electron chi connectivity index (χ1n) is 7.67. The molecule has 0 amide bonds. The fourth-order valence-electron chi connectivity index (χ4n) is 2.88. The number of imidazole rings is 1. The van der Waals surface area contributed by atoms with Gasteiger partial charge in [0.2, 0.25) is 0 Å². The molecule has 2 heterocycles. The number of phenolic OH excluding ortho intramolecular Hbond substituents is 2. The van der Waals surface area contributed by atoms with Gasteiger partial charge in [0.05, 0.1) is 35.6 Å². The highest BCUT2D eigenvalue weighted by molar-refractivity contribution is 5.95. The average Bonchev–Trinajstić information content (AvgIpc) is 3.09. The number of anilines is 1. The number of aromatic hydroxyl groups is 2. The molecular weight excluding hydrogens is 336 g/mol. The van der Waals surface area contributed by atoms with Crippen LogP contribution in [0.4, 0.5) is 5.82 Å². The molecule has 0 atom stereocenters. The smallest absolute Gasteiger partial charge is 0.337 e. The van der Waals surface area contributed by atoms with E-state index in [1.54, 1.807) is 34.9 Å². The van der Waals surface area contributed by atoms with Gasteiger partial charge in [0.1, 0.15) is 0 Å². The molecule has 0 radical (unpaired) electrons. The number of ether oxygens (including phenoxy) is 1. The van der Waals surface area contributed by atoms with Crippen molar-refractivity contribution in [2.45, 2.75) is 0 Å². The SMILES string of the molecule is COC(=O)c1ccc2nc(N)c3ncc(-c4ccc(O)c(O)c4)n3c2c1. The van der Waals surface area contributed by atoms with Crippen molar-refractivity contribution in [3.8, 4) is 22.8 Å². The van der Waals surface area contributed by atoms with Crippen LogP contribution in [0.2, 0.25) is 0 Å². The topological polar surface area (TPSA) is 123 Å². The van der Waals surface area contributed by atoms with Gasteiger partial charge in [0, 0.05) is 5.56 Å². The van der Waals surface area contributed by atoms with Crippen molar-refractivity contribution >= 4 is 28.5 Å². The third kappa shape index (κ3) is 2.27. The molecule has 26 heavy (non-hydrogen) atoms. The summed E-state index contributed by atoms with van der Waals surface area (Å²) in [6.07, 6.45) is 1.59. The summed E-state index contributed by atoms with van der Waals surface area (Å²) < 4.78 is 6.52. The van der Waals surface area contributed by atoms with Gasteiger partial charge in [0.15, 0.2) is 23.0 Å². The number of carbonyl (C=O) groups excluding carboxylic acids is 1. The quantitative estimate of drug-likeness (QED) is 0.374. The highest BCUT2D eigenvalue weighted by atomic mass is 16.5. The number of aromatic nitrogens is 3. The summed E-state index contributed by atoms with van der Waals surface area (Å²) in [4.78, 5) is 20.5. The van der Waals surface area contributed by atoms with Crippen molar-refractivity contribution in [1.29, 1.82) is 0 Å². The van der Waals surface area contributed by atoms with Gasteiger partial charge in [-0.05, 0) is 36.4 Å². The van der Waals surface area contributed by atoms with Crippen molar-refractivity contribution in [3.05, 3.63) is 48.2 Å². The summed E-state index contributed by atoms with van der Waals surface area (Å²) >= 11 is 0. The zero-order valence-corrected chi connectivity index (χ0v) is 13.7. The van der Waals surface area contributed by atoms with Crippen LogP contribution in [0.15, 0.2) is 42.6 Å². The molecule has 0 saturated carbocycles. The van der Waals surface area contributed by atoms with Crippen molar-refractivity contribution in [3.63, 3.8) is 0 Å². The monoisotopic (exact) mass is 350 g/mol. The zero-order valence-electron chi connectivity index (χ0n) is 13.7. The number of esters is 1. The van der Waals surface area contributed by atoms with E-state index in [-0.39, 0.29) is 17.3 Å². The number of hydrogen-bond acceptors (Lipinski definition) is 7. The Morgan fingerprint density at radius 3 is 2.69 bits per heavy atom. The normalized spacial score (nSPS) is 11.1. The number of phenols is 2. The largest absolute Gasteiger partial charge is 0.504 e. The molecule has 4 rings (SSSR count). The summed E-state index contributed by atoms with van der Waals surface area (Å²) in [6.45, 7) is 0. The Kier molecular flexibility index (Phi) is 3.40. The molecule has 0 spiro atoms. The second kappa shape index (κ2) is 5.62. The molecule has 0 unspecified atom stereocenters. The first kappa shape index (κ1) is 15.7. The Morgan fingerprint density at radius 1 is 1.15 bits per heavy atom. The molecule has 0 fully saturated rings. The molecular formula is C18H14N4O4. The Labute approximate surface area is 147 Å². The molecule has 0 aliphatic rings. The lowest BCUT2D eigenvalue weighted by molar-refractivity contribution is 0.0601. The van der Waals surface area contributed by atoms with Gasteiger partial charge in [-0.25, -0.2) is 14.8 Å². The number of rotatable bonds is 2. The van der Waals surface area contributed by atoms with Gasteiger partial charge in [-0.15, -0.1) is 0 Å². The maximum Gasteiger partial charge on any atom is 0.337 e. The van der Waals surface area contributed by atoms with Gasteiger partial charge >= 0.3 is 5.97 Å². The van der Waals surface area contributed by atoms with E-state index in [2.05, 4.69) is 9.97 Å². The molecule has 4 aromatic rings. The predicted molar refractivity (Wildman–Crippen MR) is 95.0 cm³/mol. The summed E-state index contributed by atoms with van der Waals surface area (Å²) in [7, 11) is 1.31. The number of nitrogens with zero attached hydrogens (tertiary/aromatic N) is 3. The Balaban J connectivity index is 2.08. The highest BCUT2D eigenvalue weighted by Crippen LogP contribution is 2.33. The number of fused-ring (bicyclic) bond motifs is 3. The van der Waals surface area contributed by atoms with Gasteiger partial charge in [-0.1, -0.05) is 0 Å². The maximum atomic E-state index is 11.9. The third-order valence-electron chi connectivity index (χ3n) is 4.14. The molecule has 0 bridgehead atoms. The van der Waals surface area contributed by atoms with E-state index in [1.807, 2.05) is 0 Å². The fourth-order valence-corrected chi connectivity index (χ4v) is 2.88. The molecule has 0 saturated heterocycles. The summed E-state index contributed by atoms with van der Waals surface area (Å²) in [5, 5.41) is 19.4. The molecule has 8 heteroatoms. The van der Waals surface area contributed by atoms with E-state index in [0.29, 0.717) is 33.5 Å². The molecule has 2 aromatic carbocycles. The minimum Gasteiger partial charge on any atom is -0.504 e. The van der Waals surface area contributed by atoms with Crippen LogP contribution >= 0.6 is 0 Å². The lowest BCUT2D eigenvalue weighted by atomic mass is 10.1.